The number of urea groups is 1. The molecule has 0 saturated carbocycles. The topological polar surface area (TPSA) is 78.4 Å². The Bertz CT molecular complexity index is 482. The summed E-state index contributed by atoms with van der Waals surface area (Å²) in [5, 5.41) is 13.4. The number of carboxylic acids is 1. The van der Waals surface area contributed by atoms with E-state index in [4.69, 9.17) is 5.11 Å². The van der Waals surface area contributed by atoms with Crippen molar-refractivity contribution in [3.05, 3.63) is 28.5 Å². The lowest BCUT2D eigenvalue weighted by atomic mass is 10.1. The van der Waals surface area contributed by atoms with Crippen LogP contribution in [0.15, 0.2) is 22.7 Å². The van der Waals surface area contributed by atoms with Gasteiger partial charge in [-0.05, 0) is 24.1 Å². The van der Waals surface area contributed by atoms with Crippen LogP contribution >= 0.6 is 15.9 Å². The molecule has 3 N–H and O–H groups in total. The normalized spacial score (nSPS) is 11.7. The van der Waals surface area contributed by atoms with Crippen molar-refractivity contribution in [2.45, 2.75) is 13.3 Å². The summed E-state index contributed by atoms with van der Waals surface area (Å²) in [5.41, 5.74) is 0.0617. The van der Waals surface area contributed by atoms with Gasteiger partial charge in [0.05, 0.1) is 5.69 Å². The van der Waals surface area contributed by atoms with Crippen molar-refractivity contribution in [3.8, 4) is 0 Å². The summed E-state index contributed by atoms with van der Waals surface area (Å²) in [6.45, 7) is 1.91. The molecule has 0 bridgehead atoms. The zero-order valence-electron chi connectivity index (χ0n) is 10.2. The second-order valence-electron chi connectivity index (χ2n) is 4.16. The molecule has 1 atom stereocenters. The first-order valence-electron chi connectivity index (χ1n) is 5.60. The predicted octanol–water partition coefficient (Wildman–Crippen LogP) is 2.82. The Balaban J connectivity index is 2.45. The summed E-state index contributed by atoms with van der Waals surface area (Å²) in [7, 11) is 0. The molecular formula is C12H14BrFN2O3. The largest absolute Gasteiger partial charge is 0.481 e. The highest BCUT2D eigenvalue weighted by atomic mass is 79.9. The van der Waals surface area contributed by atoms with E-state index in [-0.39, 0.29) is 24.6 Å². The number of carboxylic acid groups (broad SMARTS) is 1. The first kappa shape index (κ1) is 15.4. The van der Waals surface area contributed by atoms with Gasteiger partial charge >= 0.3 is 12.0 Å². The molecule has 0 aliphatic heterocycles. The van der Waals surface area contributed by atoms with Crippen LogP contribution in [0, 0.1) is 11.7 Å². The molecule has 0 radical (unpaired) electrons. The van der Waals surface area contributed by atoms with E-state index in [2.05, 4.69) is 26.6 Å². The van der Waals surface area contributed by atoms with Gasteiger partial charge in [0.2, 0.25) is 0 Å². The van der Waals surface area contributed by atoms with E-state index >= 15 is 0 Å². The maximum absolute atomic E-state index is 13.4. The smallest absolute Gasteiger partial charge is 0.319 e. The zero-order chi connectivity index (χ0) is 14.4. The molecule has 0 fully saturated rings. The fourth-order valence-electron chi connectivity index (χ4n) is 1.39. The van der Waals surface area contributed by atoms with E-state index in [1.54, 1.807) is 13.0 Å². The van der Waals surface area contributed by atoms with Gasteiger partial charge in [0, 0.05) is 17.4 Å². The van der Waals surface area contributed by atoms with Gasteiger partial charge in [0.15, 0.2) is 0 Å². The second-order valence-corrected chi connectivity index (χ2v) is 5.08. The monoisotopic (exact) mass is 332 g/mol. The minimum Gasteiger partial charge on any atom is -0.481 e. The second kappa shape index (κ2) is 7.08. The van der Waals surface area contributed by atoms with Gasteiger partial charge in [-0.25, -0.2) is 9.18 Å². The molecule has 19 heavy (non-hydrogen) atoms. The fraction of sp³-hybridized carbons (Fsp3) is 0.333. The van der Waals surface area contributed by atoms with Crippen LogP contribution in [0.1, 0.15) is 13.3 Å². The molecule has 1 unspecified atom stereocenters. The van der Waals surface area contributed by atoms with Crippen molar-refractivity contribution in [2.75, 3.05) is 11.9 Å². The van der Waals surface area contributed by atoms with Gasteiger partial charge in [-0.1, -0.05) is 22.9 Å². The molecule has 7 heteroatoms. The molecule has 0 aromatic heterocycles. The zero-order valence-corrected chi connectivity index (χ0v) is 11.8. The average Bonchev–Trinajstić information content (AvgIpc) is 2.29. The highest BCUT2D eigenvalue weighted by molar-refractivity contribution is 9.10. The quantitative estimate of drug-likeness (QED) is 0.775. The van der Waals surface area contributed by atoms with E-state index in [1.165, 1.54) is 12.1 Å². The standard InChI is InChI=1S/C12H14BrFN2O3/c1-7(4-11(17)18)6-15-12(19)16-10-3-2-8(13)5-9(10)14/h2-3,5,7H,4,6H2,1H3,(H,17,18)(H2,15,16,19). The van der Waals surface area contributed by atoms with Gasteiger partial charge in [-0.2, -0.15) is 0 Å². The fourth-order valence-corrected chi connectivity index (χ4v) is 1.73. The molecule has 0 aliphatic rings. The van der Waals surface area contributed by atoms with Crippen molar-refractivity contribution in [1.82, 2.24) is 5.32 Å². The first-order valence-corrected chi connectivity index (χ1v) is 6.39. The predicted molar refractivity (Wildman–Crippen MR) is 72.5 cm³/mol. The van der Waals surface area contributed by atoms with Gasteiger partial charge in [-0.3, -0.25) is 4.79 Å². The summed E-state index contributed by atoms with van der Waals surface area (Å²) in [6, 6.07) is 3.70. The maximum atomic E-state index is 13.4. The summed E-state index contributed by atoms with van der Waals surface area (Å²) in [4.78, 5) is 21.9. The summed E-state index contributed by atoms with van der Waals surface area (Å²) in [5.74, 6) is -1.67. The minimum atomic E-state index is -0.923. The van der Waals surface area contributed by atoms with E-state index in [0.29, 0.717) is 4.47 Å². The third-order valence-corrected chi connectivity index (χ3v) is 2.81. The molecule has 1 aromatic rings. The van der Waals surface area contributed by atoms with Crippen LogP contribution in [0.3, 0.4) is 0 Å². The molecule has 0 heterocycles. The third kappa shape index (κ3) is 5.69. The number of hydrogen-bond acceptors (Lipinski definition) is 2. The number of benzene rings is 1. The number of aliphatic carboxylic acids is 1. The Kier molecular flexibility index (Phi) is 5.75. The van der Waals surface area contributed by atoms with E-state index in [9.17, 15) is 14.0 Å². The summed E-state index contributed by atoms with van der Waals surface area (Å²) < 4.78 is 14.0. The summed E-state index contributed by atoms with van der Waals surface area (Å²) in [6.07, 6.45) is -0.0348. The summed E-state index contributed by atoms with van der Waals surface area (Å²) >= 11 is 3.11. The van der Waals surface area contributed by atoms with Crippen molar-refractivity contribution in [3.63, 3.8) is 0 Å². The number of amides is 2. The van der Waals surface area contributed by atoms with Crippen LogP contribution in [-0.4, -0.2) is 23.7 Å². The molecule has 1 aromatic carbocycles. The van der Waals surface area contributed by atoms with Crippen LogP contribution in [0.4, 0.5) is 14.9 Å². The number of carbonyl (C=O) groups is 2. The number of carbonyl (C=O) groups excluding carboxylic acids is 1. The van der Waals surface area contributed by atoms with Crippen molar-refractivity contribution in [2.24, 2.45) is 5.92 Å². The van der Waals surface area contributed by atoms with Gasteiger partial charge < -0.3 is 15.7 Å². The average molecular weight is 333 g/mol. The van der Waals surface area contributed by atoms with E-state index < -0.39 is 17.8 Å². The Labute approximate surface area is 118 Å². The molecule has 0 aliphatic carbocycles. The van der Waals surface area contributed by atoms with Crippen molar-refractivity contribution >= 4 is 33.6 Å². The molecule has 104 valence electrons. The van der Waals surface area contributed by atoms with E-state index in [1.807, 2.05) is 0 Å². The van der Waals surface area contributed by atoms with Gasteiger partial charge in [0.25, 0.3) is 0 Å². The van der Waals surface area contributed by atoms with Crippen molar-refractivity contribution in [1.29, 1.82) is 0 Å². The maximum Gasteiger partial charge on any atom is 0.319 e. The Morgan fingerprint density at radius 3 is 2.74 bits per heavy atom. The Morgan fingerprint density at radius 1 is 1.47 bits per heavy atom. The van der Waals surface area contributed by atoms with Gasteiger partial charge in [0.1, 0.15) is 5.82 Å². The number of hydrogen-bond donors (Lipinski definition) is 3. The number of nitrogens with one attached hydrogen (secondary N) is 2. The Hall–Kier alpha value is -1.63. The Morgan fingerprint density at radius 2 is 2.16 bits per heavy atom. The lowest BCUT2D eigenvalue weighted by Gasteiger charge is -2.11. The minimum absolute atomic E-state index is 0.0348. The van der Waals surface area contributed by atoms with Crippen molar-refractivity contribution < 1.29 is 19.1 Å². The highest BCUT2D eigenvalue weighted by Gasteiger charge is 2.10. The van der Waals surface area contributed by atoms with Gasteiger partial charge in [-0.15, -0.1) is 0 Å². The first-order chi connectivity index (χ1) is 8.88. The third-order valence-electron chi connectivity index (χ3n) is 2.31. The molecule has 0 saturated heterocycles. The van der Waals surface area contributed by atoms with Crippen LogP contribution in [0.5, 0.6) is 0 Å². The van der Waals surface area contributed by atoms with E-state index in [0.717, 1.165) is 0 Å². The lowest BCUT2D eigenvalue weighted by molar-refractivity contribution is -0.137. The lowest BCUT2D eigenvalue weighted by Crippen LogP contribution is -2.33. The van der Waals surface area contributed by atoms with Crippen LogP contribution in [-0.2, 0) is 4.79 Å². The number of anilines is 1. The molecule has 1 rings (SSSR count). The number of rotatable bonds is 5. The number of halogens is 2. The SMILES string of the molecule is CC(CNC(=O)Nc1ccc(Br)cc1F)CC(=O)O. The van der Waals surface area contributed by atoms with Crippen LogP contribution in [0.2, 0.25) is 0 Å². The molecule has 0 spiro atoms. The molecule has 5 nitrogen and oxygen atoms in total. The molecular weight excluding hydrogens is 319 g/mol. The van der Waals surface area contributed by atoms with Crippen LogP contribution in [0.25, 0.3) is 0 Å². The highest BCUT2D eigenvalue weighted by Crippen LogP contribution is 2.19. The molecule has 2 amide bonds. The van der Waals surface area contributed by atoms with Crippen LogP contribution < -0.4 is 10.6 Å².